The number of imide groups is 1. The van der Waals surface area contributed by atoms with E-state index >= 15 is 0 Å². The molecule has 0 unspecified atom stereocenters. The summed E-state index contributed by atoms with van der Waals surface area (Å²) in [6, 6.07) is 3.71. The van der Waals surface area contributed by atoms with E-state index in [4.69, 9.17) is 0 Å². The van der Waals surface area contributed by atoms with Gasteiger partial charge in [0.2, 0.25) is 11.8 Å². The average molecular weight is 247 g/mol. The molecule has 2 amide bonds. The summed E-state index contributed by atoms with van der Waals surface area (Å²) in [6.07, 6.45) is 4.23. The van der Waals surface area contributed by atoms with Crippen LogP contribution >= 0.6 is 0 Å². The van der Waals surface area contributed by atoms with Crippen molar-refractivity contribution in [1.82, 2.24) is 9.88 Å². The number of hydrogen-bond acceptors (Lipinski definition) is 4. The van der Waals surface area contributed by atoms with Crippen molar-refractivity contribution < 1.29 is 9.59 Å². The maximum absolute atomic E-state index is 11.8. The molecule has 1 saturated heterocycles. The summed E-state index contributed by atoms with van der Waals surface area (Å²) < 4.78 is 0. The quantitative estimate of drug-likeness (QED) is 0.823. The molecule has 0 saturated carbocycles. The van der Waals surface area contributed by atoms with Crippen LogP contribution in [0.3, 0.4) is 0 Å². The van der Waals surface area contributed by atoms with E-state index in [2.05, 4.69) is 10.3 Å². The number of likely N-dealkylation sites (tertiary alicyclic amines) is 1. The van der Waals surface area contributed by atoms with Crippen molar-refractivity contribution in [1.29, 1.82) is 0 Å². The van der Waals surface area contributed by atoms with Crippen LogP contribution < -0.4 is 5.32 Å². The number of hydrogen-bond donors (Lipinski definition) is 1. The molecule has 5 nitrogen and oxygen atoms in total. The van der Waals surface area contributed by atoms with Crippen LogP contribution in [-0.2, 0) is 16.1 Å². The average Bonchev–Trinajstić information content (AvgIpc) is 2.55. The minimum atomic E-state index is -0.0739. The molecule has 1 fully saturated rings. The van der Waals surface area contributed by atoms with Gasteiger partial charge in [-0.1, -0.05) is 6.07 Å². The molecule has 96 valence electrons. The van der Waals surface area contributed by atoms with Crippen LogP contribution in [0.1, 0.15) is 31.2 Å². The molecule has 0 spiro atoms. The monoisotopic (exact) mass is 247 g/mol. The Balaban J connectivity index is 2.10. The molecule has 0 aliphatic carbocycles. The van der Waals surface area contributed by atoms with Crippen LogP contribution in [0, 0.1) is 0 Å². The zero-order valence-electron chi connectivity index (χ0n) is 10.5. The van der Waals surface area contributed by atoms with Gasteiger partial charge in [0, 0.05) is 26.1 Å². The first-order valence-electron chi connectivity index (χ1n) is 6.16. The van der Waals surface area contributed by atoms with Crippen molar-refractivity contribution >= 4 is 17.6 Å². The Morgan fingerprint density at radius 1 is 1.22 bits per heavy atom. The summed E-state index contributed by atoms with van der Waals surface area (Å²) in [5, 5.41) is 2.93. The van der Waals surface area contributed by atoms with Gasteiger partial charge < -0.3 is 5.32 Å². The lowest BCUT2D eigenvalue weighted by atomic mass is 10.2. The van der Waals surface area contributed by atoms with Crippen LogP contribution in [0.25, 0.3) is 0 Å². The largest absolute Gasteiger partial charge is 0.373 e. The lowest BCUT2D eigenvalue weighted by Gasteiger charge is -2.18. The van der Waals surface area contributed by atoms with Crippen molar-refractivity contribution in [3.05, 3.63) is 23.9 Å². The number of pyridine rings is 1. The highest BCUT2D eigenvalue weighted by molar-refractivity contribution is 5.95. The number of carbonyl (C=O) groups is 2. The number of anilines is 1. The normalized spacial score (nSPS) is 16.6. The molecule has 5 heteroatoms. The van der Waals surface area contributed by atoms with Crippen molar-refractivity contribution in [3.8, 4) is 0 Å². The first-order valence-corrected chi connectivity index (χ1v) is 6.16. The Bertz CT molecular complexity index is 424. The lowest BCUT2D eigenvalue weighted by molar-refractivity contribution is -0.144. The minimum Gasteiger partial charge on any atom is -0.373 e. The van der Waals surface area contributed by atoms with Crippen LogP contribution in [0.15, 0.2) is 18.3 Å². The third kappa shape index (κ3) is 2.85. The maximum atomic E-state index is 11.8. The van der Waals surface area contributed by atoms with Crippen LogP contribution in [0.5, 0.6) is 0 Å². The second-order valence-electron chi connectivity index (χ2n) is 4.38. The van der Waals surface area contributed by atoms with E-state index in [0.29, 0.717) is 19.4 Å². The Kier molecular flexibility index (Phi) is 3.92. The number of nitrogens with zero attached hydrogens (tertiary/aromatic N) is 2. The molecule has 1 aromatic heterocycles. The number of nitrogens with one attached hydrogen (secondary N) is 1. The molecule has 18 heavy (non-hydrogen) atoms. The predicted octanol–water partition coefficient (Wildman–Crippen LogP) is 1.55. The summed E-state index contributed by atoms with van der Waals surface area (Å²) in [5.41, 5.74) is 0.873. The smallest absolute Gasteiger partial charge is 0.229 e. The summed E-state index contributed by atoms with van der Waals surface area (Å²) in [4.78, 5) is 29.2. The Hall–Kier alpha value is -1.91. The minimum absolute atomic E-state index is 0.0739. The van der Waals surface area contributed by atoms with Gasteiger partial charge >= 0.3 is 0 Å². The zero-order chi connectivity index (χ0) is 13.0. The number of carbonyl (C=O) groups excluding carboxylic acids is 2. The van der Waals surface area contributed by atoms with E-state index in [-0.39, 0.29) is 11.8 Å². The maximum Gasteiger partial charge on any atom is 0.229 e. The molecule has 1 aliphatic rings. The first kappa shape index (κ1) is 12.5. The van der Waals surface area contributed by atoms with Gasteiger partial charge in [-0.15, -0.1) is 0 Å². The summed E-state index contributed by atoms with van der Waals surface area (Å²) in [6.45, 7) is 0.328. The van der Waals surface area contributed by atoms with E-state index in [9.17, 15) is 9.59 Å². The Morgan fingerprint density at radius 3 is 2.39 bits per heavy atom. The SMILES string of the molecule is CNc1ccc(CN2C(=O)CCCCC2=O)cn1. The van der Waals surface area contributed by atoms with Crippen LogP contribution in [-0.4, -0.2) is 28.7 Å². The van der Waals surface area contributed by atoms with E-state index in [0.717, 1.165) is 24.2 Å². The standard InChI is InChI=1S/C13H17N3O2/c1-14-11-7-6-10(8-15-11)9-16-12(17)4-2-3-5-13(16)18/h6-8H,2-5,9H2,1H3,(H,14,15). The molecular formula is C13H17N3O2. The molecule has 2 heterocycles. The van der Waals surface area contributed by atoms with Gasteiger partial charge in [-0.05, 0) is 24.5 Å². The second-order valence-corrected chi connectivity index (χ2v) is 4.38. The molecule has 0 radical (unpaired) electrons. The van der Waals surface area contributed by atoms with Crippen molar-refractivity contribution in [2.45, 2.75) is 32.2 Å². The first-order chi connectivity index (χ1) is 8.70. The van der Waals surface area contributed by atoms with E-state index in [1.54, 1.807) is 13.2 Å². The number of aromatic nitrogens is 1. The highest BCUT2D eigenvalue weighted by Gasteiger charge is 2.23. The Labute approximate surface area is 106 Å². The van der Waals surface area contributed by atoms with Gasteiger partial charge in [0.1, 0.15) is 5.82 Å². The van der Waals surface area contributed by atoms with Gasteiger partial charge in [0.05, 0.1) is 6.54 Å². The topological polar surface area (TPSA) is 62.3 Å². The van der Waals surface area contributed by atoms with Gasteiger partial charge in [-0.2, -0.15) is 0 Å². The highest BCUT2D eigenvalue weighted by Crippen LogP contribution is 2.16. The van der Waals surface area contributed by atoms with Crippen LogP contribution in [0.4, 0.5) is 5.82 Å². The molecule has 0 bridgehead atoms. The lowest BCUT2D eigenvalue weighted by Crippen LogP contribution is -2.34. The van der Waals surface area contributed by atoms with Crippen molar-refractivity contribution in [2.24, 2.45) is 0 Å². The van der Waals surface area contributed by atoms with Gasteiger partial charge in [0.25, 0.3) is 0 Å². The fraction of sp³-hybridized carbons (Fsp3) is 0.462. The van der Waals surface area contributed by atoms with Crippen LogP contribution in [0.2, 0.25) is 0 Å². The van der Waals surface area contributed by atoms with E-state index in [1.165, 1.54) is 4.90 Å². The van der Waals surface area contributed by atoms with E-state index in [1.807, 2.05) is 12.1 Å². The third-order valence-corrected chi connectivity index (χ3v) is 3.05. The molecular weight excluding hydrogens is 230 g/mol. The van der Waals surface area contributed by atoms with E-state index < -0.39 is 0 Å². The summed E-state index contributed by atoms with van der Waals surface area (Å²) in [5.74, 6) is 0.623. The van der Waals surface area contributed by atoms with Gasteiger partial charge in [0.15, 0.2) is 0 Å². The molecule has 1 N–H and O–H groups in total. The fourth-order valence-corrected chi connectivity index (χ4v) is 1.99. The fourth-order valence-electron chi connectivity index (χ4n) is 1.99. The van der Waals surface area contributed by atoms with Crippen molar-refractivity contribution in [2.75, 3.05) is 12.4 Å². The molecule has 1 aliphatic heterocycles. The molecule has 0 aromatic carbocycles. The second kappa shape index (κ2) is 5.62. The third-order valence-electron chi connectivity index (χ3n) is 3.05. The molecule has 0 atom stereocenters. The van der Waals surface area contributed by atoms with Gasteiger partial charge in [-0.3, -0.25) is 14.5 Å². The summed E-state index contributed by atoms with van der Waals surface area (Å²) >= 11 is 0. The van der Waals surface area contributed by atoms with Crippen molar-refractivity contribution in [3.63, 3.8) is 0 Å². The summed E-state index contributed by atoms with van der Waals surface area (Å²) in [7, 11) is 1.80. The highest BCUT2D eigenvalue weighted by atomic mass is 16.2. The van der Waals surface area contributed by atoms with Gasteiger partial charge in [-0.25, -0.2) is 4.98 Å². The number of amides is 2. The molecule has 1 aromatic rings. The molecule has 2 rings (SSSR count). The Morgan fingerprint density at radius 2 is 1.89 bits per heavy atom. The predicted molar refractivity (Wildman–Crippen MR) is 67.8 cm³/mol. The number of rotatable bonds is 3. The zero-order valence-corrected chi connectivity index (χ0v) is 10.5.